The summed E-state index contributed by atoms with van der Waals surface area (Å²) in [5, 5.41) is 6.23. The fourth-order valence-corrected chi connectivity index (χ4v) is 2.82. The van der Waals surface area contributed by atoms with Crippen LogP contribution in [0.2, 0.25) is 0 Å². The molecule has 5 heteroatoms. The van der Waals surface area contributed by atoms with Crippen LogP contribution in [0.1, 0.15) is 13.3 Å². The van der Waals surface area contributed by atoms with E-state index in [1.165, 1.54) is 4.21 Å². The van der Waals surface area contributed by atoms with Crippen molar-refractivity contribution >= 4 is 29.0 Å². The summed E-state index contributed by atoms with van der Waals surface area (Å²) in [4.78, 5) is 8.61. The molecule has 0 saturated carbocycles. The highest BCUT2D eigenvalue weighted by Gasteiger charge is 2.01. The van der Waals surface area contributed by atoms with E-state index in [1.54, 1.807) is 29.3 Å². The lowest BCUT2D eigenvalue weighted by Gasteiger charge is -2.03. The van der Waals surface area contributed by atoms with E-state index in [1.807, 2.05) is 12.1 Å². The van der Waals surface area contributed by atoms with E-state index in [0.29, 0.717) is 5.95 Å². The van der Waals surface area contributed by atoms with E-state index in [9.17, 15) is 0 Å². The predicted octanol–water partition coefficient (Wildman–Crippen LogP) is 3.51. The molecule has 0 atom stereocenters. The molecule has 0 saturated heterocycles. The number of hydrogen-bond donors (Lipinski definition) is 1. The van der Waals surface area contributed by atoms with Crippen molar-refractivity contribution in [1.29, 1.82) is 0 Å². The second kappa shape index (κ2) is 5.86. The van der Waals surface area contributed by atoms with Crippen molar-refractivity contribution in [3.63, 3.8) is 0 Å². The Kier molecular flexibility index (Phi) is 4.18. The molecule has 0 aliphatic heterocycles. The smallest absolute Gasteiger partial charge is 0.223 e. The Morgan fingerprint density at radius 3 is 3.12 bits per heavy atom. The van der Waals surface area contributed by atoms with Crippen LogP contribution in [-0.2, 0) is 0 Å². The van der Waals surface area contributed by atoms with Crippen molar-refractivity contribution in [3.8, 4) is 0 Å². The molecular weight excluding hydrogens is 238 g/mol. The van der Waals surface area contributed by atoms with Gasteiger partial charge in [-0.1, -0.05) is 24.8 Å². The molecule has 84 valence electrons. The highest BCUT2D eigenvalue weighted by Crippen LogP contribution is 2.29. The number of aromatic nitrogens is 2. The van der Waals surface area contributed by atoms with E-state index < -0.39 is 0 Å². The first-order valence-corrected chi connectivity index (χ1v) is 6.86. The SMILES string of the molecule is CCCNc1nccc(Sc2cccs2)n1. The number of thiophene rings is 1. The van der Waals surface area contributed by atoms with Crippen LogP contribution in [0.4, 0.5) is 5.95 Å². The number of rotatable bonds is 5. The van der Waals surface area contributed by atoms with Crippen LogP contribution in [0, 0.1) is 0 Å². The quantitative estimate of drug-likeness (QED) is 0.825. The minimum atomic E-state index is 0.711. The third-order valence-electron chi connectivity index (χ3n) is 1.86. The lowest BCUT2D eigenvalue weighted by molar-refractivity contribution is 0.935. The molecule has 0 radical (unpaired) electrons. The number of nitrogens with zero attached hydrogens (tertiary/aromatic N) is 2. The molecule has 3 nitrogen and oxygen atoms in total. The molecule has 0 aliphatic rings. The summed E-state index contributed by atoms with van der Waals surface area (Å²) in [7, 11) is 0. The third kappa shape index (κ3) is 3.21. The number of anilines is 1. The van der Waals surface area contributed by atoms with E-state index in [-0.39, 0.29) is 0 Å². The summed E-state index contributed by atoms with van der Waals surface area (Å²) in [5.74, 6) is 0.711. The minimum absolute atomic E-state index is 0.711. The Morgan fingerprint density at radius 1 is 1.44 bits per heavy atom. The van der Waals surface area contributed by atoms with Gasteiger partial charge in [0.1, 0.15) is 5.03 Å². The Hall–Kier alpha value is -1.07. The van der Waals surface area contributed by atoms with Crippen LogP contribution >= 0.6 is 23.1 Å². The normalized spacial score (nSPS) is 10.3. The van der Waals surface area contributed by atoms with Crippen LogP contribution in [0.5, 0.6) is 0 Å². The molecule has 0 fully saturated rings. The van der Waals surface area contributed by atoms with Crippen molar-refractivity contribution in [2.24, 2.45) is 0 Å². The maximum Gasteiger partial charge on any atom is 0.223 e. The molecule has 2 heterocycles. The average molecular weight is 251 g/mol. The van der Waals surface area contributed by atoms with Gasteiger partial charge in [-0.25, -0.2) is 9.97 Å². The highest BCUT2D eigenvalue weighted by atomic mass is 32.2. The van der Waals surface area contributed by atoms with Gasteiger partial charge in [-0.2, -0.15) is 0 Å². The summed E-state index contributed by atoms with van der Waals surface area (Å²) in [6, 6.07) is 6.07. The fraction of sp³-hybridized carbons (Fsp3) is 0.273. The Bertz CT molecular complexity index is 429. The zero-order chi connectivity index (χ0) is 11.2. The molecule has 0 spiro atoms. The molecule has 0 bridgehead atoms. The van der Waals surface area contributed by atoms with Crippen LogP contribution < -0.4 is 5.32 Å². The zero-order valence-electron chi connectivity index (χ0n) is 9.01. The maximum absolute atomic E-state index is 4.43. The first-order chi connectivity index (χ1) is 7.88. The van der Waals surface area contributed by atoms with Gasteiger partial charge >= 0.3 is 0 Å². The molecular formula is C11H13N3S2. The summed E-state index contributed by atoms with van der Waals surface area (Å²) in [6.07, 6.45) is 2.87. The van der Waals surface area contributed by atoms with E-state index in [0.717, 1.165) is 18.0 Å². The number of hydrogen-bond acceptors (Lipinski definition) is 5. The largest absolute Gasteiger partial charge is 0.354 e. The van der Waals surface area contributed by atoms with Crippen LogP contribution in [0.3, 0.4) is 0 Å². The first kappa shape index (κ1) is 11.4. The minimum Gasteiger partial charge on any atom is -0.354 e. The first-order valence-electron chi connectivity index (χ1n) is 5.17. The molecule has 0 aliphatic carbocycles. The Balaban J connectivity index is 2.04. The van der Waals surface area contributed by atoms with E-state index >= 15 is 0 Å². The van der Waals surface area contributed by atoms with Crippen molar-refractivity contribution in [3.05, 3.63) is 29.8 Å². The summed E-state index contributed by atoms with van der Waals surface area (Å²) >= 11 is 3.39. The van der Waals surface area contributed by atoms with Gasteiger partial charge in [-0.05, 0) is 23.9 Å². The van der Waals surface area contributed by atoms with Gasteiger partial charge in [0.2, 0.25) is 5.95 Å². The van der Waals surface area contributed by atoms with Crippen LogP contribution in [0.15, 0.2) is 39.0 Å². The number of nitrogens with one attached hydrogen (secondary N) is 1. The Morgan fingerprint density at radius 2 is 2.38 bits per heavy atom. The summed E-state index contributed by atoms with van der Waals surface area (Å²) < 4.78 is 1.25. The molecule has 0 amide bonds. The van der Waals surface area contributed by atoms with Gasteiger partial charge in [0.05, 0.1) is 4.21 Å². The van der Waals surface area contributed by atoms with Crippen molar-refractivity contribution < 1.29 is 0 Å². The molecule has 2 rings (SSSR count). The second-order valence-electron chi connectivity index (χ2n) is 3.18. The van der Waals surface area contributed by atoms with Gasteiger partial charge < -0.3 is 5.32 Å². The Labute approximate surface area is 103 Å². The van der Waals surface area contributed by atoms with Gasteiger partial charge in [0.25, 0.3) is 0 Å². The van der Waals surface area contributed by atoms with Gasteiger partial charge in [-0.3, -0.25) is 0 Å². The maximum atomic E-state index is 4.43. The topological polar surface area (TPSA) is 37.8 Å². The summed E-state index contributed by atoms with van der Waals surface area (Å²) in [5.41, 5.74) is 0. The van der Waals surface area contributed by atoms with Crippen molar-refractivity contribution in [2.75, 3.05) is 11.9 Å². The molecule has 0 unspecified atom stereocenters. The summed E-state index contributed by atoms with van der Waals surface area (Å²) in [6.45, 7) is 3.03. The van der Waals surface area contributed by atoms with Crippen molar-refractivity contribution in [2.45, 2.75) is 22.6 Å². The molecule has 2 aromatic heterocycles. The van der Waals surface area contributed by atoms with E-state index in [4.69, 9.17) is 0 Å². The third-order valence-corrected chi connectivity index (χ3v) is 3.84. The van der Waals surface area contributed by atoms with Crippen LogP contribution in [-0.4, -0.2) is 16.5 Å². The van der Waals surface area contributed by atoms with Crippen molar-refractivity contribution in [1.82, 2.24) is 9.97 Å². The van der Waals surface area contributed by atoms with Gasteiger partial charge in [0, 0.05) is 12.7 Å². The lowest BCUT2D eigenvalue weighted by atomic mass is 10.5. The predicted molar refractivity (Wildman–Crippen MR) is 69.3 cm³/mol. The highest BCUT2D eigenvalue weighted by molar-refractivity contribution is 8.01. The molecule has 1 N–H and O–H groups in total. The zero-order valence-corrected chi connectivity index (χ0v) is 10.6. The van der Waals surface area contributed by atoms with Crippen LogP contribution in [0.25, 0.3) is 0 Å². The molecule has 2 aromatic rings. The molecule has 16 heavy (non-hydrogen) atoms. The van der Waals surface area contributed by atoms with Gasteiger partial charge in [0.15, 0.2) is 0 Å². The van der Waals surface area contributed by atoms with Gasteiger partial charge in [-0.15, -0.1) is 11.3 Å². The standard InChI is InChI=1S/C11H13N3S2/c1-2-6-12-11-13-7-5-9(14-11)16-10-4-3-8-15-10/h3-5,7-8H,2,6H2,1H3,(H,12,13,14). The fourth-order valence-electron chi connectivity index (χ4n) is 1.15. The monoisotopic (exact) mass is 251 g/mol. The molecule has 0 aromatic carbocycles. The van der Waals surface area contributed by atoms with E-state index in [2.05, 4.69) is 33.7 Å². The second-order valence-corrected chi connectivity index (χ2v) is 5.45. The lowest BCUT2D eigenvalue weighted by Crippen LogP contribution is -2.03. The average Bonchev–Trinajstić information content (AvgIpc) is 2.80.